The molecule has 0 spiro atoms. The van der Waals surface area contributed by atoms with Crippen molar-refractivity contribution in [1.82, 2.24) is 20.4 Å². The first-order chi connectivity index (χ1) is 13.0. The molecule has 7 heteroatoms. The molecule has 0 radical (unpaired) electrons. The summed E-state index contributed by atoms with van der Waals surface area (Å²) in [5, 5.41) is 5.80. The second kappa shape index (κ2) is 7.40. The molecular weight excluding hydrogens is 344 g/mol. The first-order valence-electron chi connectivity index (χ1n) is 9.74. The fourth-order valence-corrected chi connectivity index (χ4v) is 4.26. The lowest BCUT2D eigenvalue weighted by Crippen LogP contribution is -2.52. The second-order valence-electron chi connectivity index (χ2n) is 7.77. The number of hydrogen-bond donors (Lipinski definition) is 2. The zero-order valence-electron chi connectivity index (χ0n) is 15.7. The Balaban J connectivity index is 1.49. The van der Waals surface area contributed by atoms with Gasteiger partial charge in [0.1, 0.15) is 6.04 Å². The van der Waals surface area contributed by atoms with Gasteiger partial charge in [0.25, 0.3) is 5.91 Å². The Morgan fingerprint density at radius 2 is 2.07 bits per heavy atom. The van der Waals surface area contributed by atoms with E-state index in [4.69, 9.17) is 0 Å². The monoisotopic (exact) mass is 370 g/mol. The SMILES string of the molecule is CC1CNCCCN1Cc1ccc2c(c1)CN(C1CCC(=O)NC1=O)C2=O. The van der Waals surface area contributed by atoms with Crippen molar-refractivity contribution in [3.63, 3.8) is 0 Å². The van der Waals surface area contributed by atoms with Gasteiger partial charge in [0.15, 0.2) is 0 Å². The van der Waals surface area contributed by atoms with Crippen LogP contribution in [0.1, 0.15) is 47.7 Å². The molecule has 3 aliphatic heterocycles. The third-order valence-corrected chi connectivity index (χ3v) is 5.84. The minimum absolute atomic E-state index is 0.113. The van der Waals surface area contributed by atoms with Gasteiger partial charge in [0.05, 0.1) is 0 Å². The predicted octanol–water partition coefficient (Wildman–Crippen LogP) is 0.631. The number of carbonyl (C=O) groups is 3. The number of nitrogens with one attached hydrogen (secondary N) is 2. The molecule has 3 heterocycles. The summed E-state index contributed by atoms with van der Waals surface area (Å²) in [6.07, 6.45) is 1.81. The van der Waals surface area contributed by atoms with Crippen LogP contribution < -0.4 is 10.6 Å². The Kier molecular flexibility index (Phi) is 4.97. The summed E-state index contributed by atoms with van der Waals surface area (Å²) in [5.41, 5.74) is 2.84. The topological polar surface area (TPSA) is 81.8 Å². The maximum Gasteiger partial charge on any atom is 0.255 e. The van der Waals surface area contributed by atoms with Gasteiger partial charge in [-0.05, 0) is 43.5 Å². The number of imide groups is 1. The number of benzene rings is 1. The molecule has 0 bridgehead atoms. The average Bonchev–Trinajstić information content (AvgIpc) is 2.81. The average molecular weight is 370 g/mol. The van der Waals surface area contributed by atoms with Crippen LogP contribution in [0.3, 0.4) is 0 Å². The fraction of sp³-hybridized carbons (Fsp3) is 0.550. The number of amides is 3. The van der Waals surface area contributed by atoms with Gasteiger partial charge in [-0.3, -0.25) is 24.6 Å². The van der Waals surface area contributed by atoms with E-state index in [-0.39, 0.29) is 24.1 Å². The van der Waals surface area contributed by atoms with Crippen LogP contribution in [0.25, 0.3) is 0 Å². The highest BCUT2D eigenvalue weighted by atomic mass is 16.2. The number of rotatable bonds is 3. The maximum atomic E-state index is 12.8. The maximum absolute atomic E-state index is 12.8. The number of fused-ring (bicyclic) bond motifs is 1. The number of carbonyl (C=O) groups excluding carboxylic acids is 3. The number of hydrogen-bond acceptors (Lipinski definition) is 5. The lowest BCUT2D eigenvalue weighted by atomic mass is 10.0. The Morgan fingerprint density at radius 1 is 1.22 bits per heavy atom. The molecule has 1 aromatic rings. The molecule has 2 unspecified atom stereocenters. The summed E-state index contributed by atoms with van der Waals surface area (Å²) in [6.45, 7) is 6.65. The van der Waals surface area contributed by atoms with Crippen LogP contribution in [0, 0.1) is 0 Å². The van der Waals surface area contributed by atoms with Crippen molar-refractivity contribution in [2.24, 2.45) is 0 Å². The first kappa shape index (κ1) is 18.1. The van der Waals surface area contributed by atoms with E-state index < -0.39 is 6.04 Å². The third kappa shape index (κ3) is 3.61. The van der Waals surface area contributed by atoms with Crippen LogP contribution in [0.5, 0.6) is 0 Å². The van der Waals surface area contributed by atoms with Crippen molar-refractivity contribution in [3.8, 4) is 0 Å². The fourth-order valence-electron chi connectivity index (χ4n) is 4.26. The van der Waals surface area contributed by atoms with Gasteiger partial charge in [-0.15, -0.1) is 0 Å². The van der Waals surface area contributed by atoms with Crippen molar-refractivity contribution in [2.45, 2.75) is 51.4 Å². The summed E-state index contributed by atoms with van der Waals surface area (Å²) in [7, 11) is 0. The summed E-state index contributed by atoms with van der Waals surface area (Å²) >= 11 is 0. The van der Waals surface area contributed by atoms with Crippen molar-refractivity contribution in [2.75, 3.05) is 19.6 Å². The summed E-state index contributed by atoms with van der Waals surface area (Å²) in [6, 6.07) is 5.93. The molecule has 4 rings (SSSR count). The van der Waals surface area contributed by atoms with Crippen molar-refractivity contribution in [3.05, 3.63) is 34.9 Å². The molecular formula is C20H26N4O3. The van der Waals surface area contributed by atoms with E-state index in [0.717, 1.165) is 38.2 Å². The van der Waals surface area contributed by atoms with E-state index in [1.807, 2.05) is 12.1 Å². The molecule has 1 aromatic carbocycles. The molecule has 144 valence electrons. The molecule has 27 heavy (non-hydrogen) atoms. The van der Waals surface area contributed by atoms with Crippen LogP contribution in [-0.2, 0) is 22.7 Å². The van der Waals surface area contributed by atoms with Crippen LogP contribution in [0.4, 0.5) is 0 Å². The van der Waals surface area contributed by atoms with Gasteiger partial charge < -0.3 is 10.2 Å². The molecule has 0 aromatic heterocycles. The molecule has 7 nitrogen and oxygen atoms in total. The minimum Gasteiger partial charge on any atom is -0.322 e. The van der Waals surface area contributed by atoms with E-state index in [1.54, 1.807) is 4.90 Å². The Labute approximate surface area is 159 Å². The Bertz CT molecular complexity index is 778. The van der Waals surface area contributed by atoms with Gasteiger partial charge in [0, 0.05) is 44.2 Å². The van der Waals surface area contributed by atoms with Gasteiger partial charge >= 0.3 is 0 Å². The highest BCUT2D eigenvalue weighted by Crippen LogP contribution is 2.28. The number of piperidine rings is 1. The first-order valence-corrected chi connectivity index (χ1v) is 9.74. The zero-order chi connectivity index (χ0) is 19.0. The third-order valence-electron chi connectivity index (χ3n) is 5.84. The molecule has 3 aliphatic rings. The predicted molar refractivity (Wildman–Crippen MR) is 99.8 cm³/mol. The standard InChI is InChI=1S/C20H26N4O3/c1-13-10-21-7-2-8-23(13)11-14-3-4-16-15(9-14)12-24(20(16)27)17-5-6-18(25)22-19(17)26/h3-4,9,13,17,21H,2,5-8,10-12H2,1H3,(H,22,25,26). The van der Waals surface area contributed by atoms with Gasteiger partial charge in [-0.1, -0.05) is 12.1 Å². The van der Waals surface area contributed by atoms with E-state index in [2.05, 4.69) is 28.5 Å². The lowest BCUT2D eigenvalue weighted by molar-refractivity contribution is -0.136. The highest BCUT2D eigenvalue weighted by Gasteiger charge is 2.39. The van der Waals surface area contributed by atoms with Crippen LogP contribution in [-0.4, -0.2) is 59.2 Å². The molecule has 0 saturated carbocycles. The van der Waals surface area contributed by atoms with Gasteiger partial charge in [-0.25, -0.2) is 0 Å². The largest absolute Gasteiger partial charge is 0.322 e. The van der Waals surface area contributed by atoms with E-state index >= 15 is 0 Å². The van der Waals surface area contributed by atoms with Crippen LogP contribution >= 0.6 is 0 Å². The summed E-state index contributed by atoms with van der Waals surface area (Å²) in [4.78, 5) is 40.4. The van der Waals surface area contributed by atoms with Gasteiger partial charge in [0.2, 0.25) is 11.8 Å². The zero-order valence-corrected chi connectivity index (χ0v) is 15.7. The Morgan fingerprint density at radius 3 is 2.89 bits per heavy atom. The van der Waals surface area contributed by atoms with Crippen molar-refractivity contribution in [1.29, 1.82) is 0 Å². The molecule has 2 saturated heterocycles. The minimum atomic E-state index is -0.553. The van der Waals surface area contributed by atoms with Crippen LogP contribution in [0.2, 0.25) is 0 Å². The Hall–Kier alpha value is -2.25. The molecule has 2 N–H and O–H groups in total. The molecule has 0 aliphatic carbocycles. The normalized spacial score (nSPS) is 26.7. The van der Waals surface area contributed by atoms with Crippen molar-refractivity contribution < 1.29 is 14.4 Å². The molecule has 3 amide bonds. The van der Waals surface area contributed by atoms with Crippen molar-refractivity contribution >= 4 is 17.7 Å². The van der Waals surface area contributed by atoms with E-state index in [1.165, 1.54) is 5.56 Å². The smallest absolute Gasteiger partial charge is 0.255 e. The van der Waals surface area contributed by atoms with Crippen LogP contribution in [0.15, 0.2) is 18.2 Å². The van der Waals surface area contributed by atoms with E-state index in [9.17, 15) is 14.4 Å². The summed E-state index contributed by atoms with van der Waals surface area (Å²) in [5.74, 6) is -0.735. The summed E-state index contributed by atoms with van der Waals surface area (Å²) < 4.78 is 0. The molecule has 2 atom stereocenters. The second-order valence-corrected chi connectivity index (χ2v) is 7.77. The molecule has 2 fully saturated rings. The van der Waals surface area contributed by atoms with Gasteiger partial charge in [-0.2, -0.15) is 0 Å². The quantitative estimate of drug-likeness (QED) is 0.763. The van der Waals surface area contributed by atoms with E-state index in [0.29, 0.717) is 24.6 Å². The highest BCUT2D eigenvalue weighted by molar-refractivity contribution is 6.05. The lowest BCUT2D eigenvalue weighted by Gasteiger charge is -2.29. The number of nitrogens with zero attached hydrogens (tertiary/aromatic N) is 2.